The van der Waals surface area contributed by atoms with Crippen LogP contribution in [0.3, 0.4) is 0 Å². The Balaban J connectivity index is 1.93. The van der Waals surface area contributed by atoms with Gasteiger partial charge in [-0.15, -0.1) is 0 Å². The SMILES string of the molecule is CC[C@H](C)Oc1c(Br)cc(/C=C2\SC(=Nc3ccccc3)N(CCCOC)C2=O)cc1OC. The third-order valence-electron chi connectivity index (χ3n) is 5.04. The van der Waals surface area contributed by atoms with Crippen molar-refractivity contribution in [2.45, 2.75) is 32.8 Å². The largest absolute Gasteiger partial charge is 0.493 e. The maximum absolute atomic E-state index is 13.2. The highest BCUT2D eigenvalue weighted by Gasteiger charge is 2.33. The Morgan fingerprint density at radius 2 is 1.97 bits per heavy atom. The average Bonchev–Trinajstić information content (AvgIpc) is 3.10. The van der Waals surface area contributed by atoms with E-state index in [0.717, 1.165) is 28.6 Å². The predicted molar refractivity (Wildman–Crippen MR) is 138 cm³/mol. The van der Waals surface area contributed by atoms with E-state index in [1.807, 2.05) is 55.5 Å². The van der Waals surface area contributed by atoms with E-state index >= 15 is 0 Å². The lowest BCUT2D eigenvalue weighted by Crippen LogP contribution is -2.30. The van der Waals surface area contributed by atoms with Gasteiger partial charge in [-0.05, 0) is 83.4 Å². The Morgan fingerprint density at radius 3 is 2.64 bits per heavy atom. The maximum atomic E-state index is 13.2. The molecule has 1 heterocycles. The second-order valence-corrected chi connectivity index (χ2v) is 9.38. The van der Waals surface area contributed by atoms with Gasteiger partial charge in [-0.2, -0.15) is 0 Å². The first-order valence-corrected chi connectivity index (χ1v) is 12.5. The molecular weight excluding hydrogens is 504 g/mol. The standard InChI is InChI=1S/C25H29BrN2O4S/c1-5-17(2)32-23-20(26)14-18(15-21(23)31-4)16-22-24(29)28(12-9-13-30-3)25(33-22)27-19-10-7-6-8-11-19/h6-8,10-11,14-17H,5,9,12-13H2,1-4H3/b22-16-,27-25?/t17-/m0/s1. The van der Waals surface area contributed by atoms with Crippen LogP contribution >= 0.6 is 27.7 Å². The zero-order valence-electron chi connectivity index (χ0n) is 19.3. The summed E-state index contributed by atoms with van der Waals surface area (Å²) in [5.41, 5.74) is 1.64. The van der Waals surface area contributed by atoms with Gasteiger partial charge in [-0.1, -0.05) is 25.1 Å². The number of thioether (sulfide) groups is 1. The van der Waals surface area contributed by atoms with Crippen LogP contribution in [0, 0.1) is 0 Å². The fourth-order valence-electron chi connectivity index (χ4n) is 3.14. The van der Waals surface area contributed by atoms with Crippen molar-refractivity contribution in [2.75, 3.05) is 27.4 Å². The van der Waals surface area contributed by atoms with Crippen LogP contribution in [0.5, 0.6) is 11.5 Å². The van der Waals surface area contributed by atoms with E-state index in [-0.39, 0.29) is 12.0 Å². The summed E-state index contributed by atoms with van der Waals surface area (Å²) < 4.78 is 17.5. The smallest absolute Gasteiger partial charge is 0.266 e. The van der Waals surface area contributed by atoms with Crippen molar-refractivity contribution in [2.24, 2.45) is 4.99 Å². The fraction of sp³-hybridized carbons (Fsp3) is 0.360. The molecule has 2 aromatic carbocycles. The van der Waals surface area contributed by atoms with Crippen molar-refractivity contribution in [1.82, 2.24) is 4.90 Å². The quantitative estimate of drug-likeness (QED) is 0.266. The number of nitrogens with zero attached hydrogens (tertiary/aromatic N) is 2. The summed E-state index contributed by atoms with van der Waals surface area (Å²) in [7, 11) is 3.27. The zero-order chi connectivity index (χ0) is 23.8. The molecule has 0 radical (unpaired) electrons. The van der Waals surface area contributed by atoms with E-state index < -0.39 is 0 Å². The molecule has 0 aromatic heterocycles. The van der Waals surface area contributed by atoms with Crippen molar-refractivity contribution in [3.8, 4) is 11.5 Å². The predicted octanol–water partition coefficient (Wildman–Crippen LogP) is 6.28. The molecule has 1 aliphatic rings. The normalized spacial score (nSPS) is 17.1. The molecule has 1 aliphatic heterocycles. The van der Waals surface area contributed by atoms with E-state index in [1.54, 1.807) is 19.1 Å². The van der Waals surface area contributed by atoms with Crippen molar-refractivity contribution < 1.29 is 19.0 Å². The van der Waals surface area contributed by atoms with Crippen LogP contribution < -0.4 is 9.47 Å². The van der Waals surface area contributed by atoms with Crippen LogP contribution in [0.1, 0.15) is 32.3 Å². The van der Waals surface area contributed by atoms with Gasteiger partial charge in [-0.25, -0.2) is 4.99 Å². The molecule has 0 unspecified atom stereocenters. The van der Waals surface area contributed by atoms with Crippen LogP contribution in [0.2, 0.25) is 0 Å². The number of aliphatic imine (C=N–C) groups is 1. The Labute approximate surface area is 208 Å². The monoisotopic (exact) mass is 532 g/mol. The lowest BCUT2D eigenvalue weighted by molar-refractivity contribution is -0.122. The molecule has 1 fully saturated rings. The van der Waals surface area contributed by atoms with E-state index in [2.05, 4.69) is 22.9 Å². The number of amides is 1. The Bertz CT molecular complexity index is 1030. The first kappa shape index (κ1) is 25.3. The number of amidine groups is 1. The van der Waals surface area contributed by atoms with Crippen molar-refractivity contribution >= 4 is 50.5 Å². The van der Waals surface area contributed by atoms with Gasteiger partial charge < -0.3 is 14.2 Å². The second-order valence-electron chi connectivity index (χ2n) is 7.51. The number of benzene rings is 2. The molecule has 8 heteroatoms. The molecule has 176 valence electrons. The average molecular weight is 533 g/mol. The van der Waals surface area contributed by atoms with Gasteiger partial charge in [0.05, 0.1) is 28.3 Å². The maximum Gasteiger partial charge on any atom is 0.266 e. The van der Waals surface area contributed by atoms with Crippen LogP contribution in [0.25, 0.3) is 6.08 Å². The van der Waals surface area contributed by atoms with Crippen LogP contribution in [-0.2, 0) is 9.53 Å². The molecule has 33 heavy (non-hydrogen) atoms. The fourth-order valence-corrected chi connectivity index (χ4v) is 4.72. The summed E-state index contributed by atoms with van der Waals surface area (Å²) in [5.74, 6) is 1.20. The highest BCUT2D eigenvalue weighted by Crippen LogP contribution is 2.40. The molecule has 3 rings (SSSR count). The number of hydrogen-bond acceptors (Lipinski definition) is 6. The van der Waals surface area contributed by atoms with Gasteiger partial charge in [0.2, 0.25) is 0 Å². The molecule has 1 atom stereocenters. The highest BCUT2D eigenvalue weighted by molar-refractivity contribution is 9.10. The van der Waals surface area contributed by atoms with E-state index in [4.69, 9.17) is 19.2 Å². The lowest BCUT2D eigenvalue weighted by Gasteiger charge is -2.17. The van der Waals surface area contributed by atoms with Gasteiger partial charge in [-0.3, -0.25) is 9.69 Å². The Hall–Kier alpha value is -2.29. The number of methoxy groups -OCH3 is 2. The Morgan fingerprint density at radius 1 is 1.21 bits per heavy atom. The summed E-state index contributed by atoms with van der Waals surface area (Å²) in [6.07, 6.45) is 3.54. The number of rotatable bonds is 10. The summed E-state index contributed by atoms with van der Waals surface area (Å²) in [6, 6.07) is 13.5. The number of para-hydroxylation sites is 1. The molecule has 6 nitrogen and oxygen atoms in total. The minimum Gasteiger partial charge on any atom is -0.493 e. The summed E-state index contributed by atoms with van der Waals surface area (Å²) >= 11 is 4.97. The van der Waals surface area contributed by atoms with Crippen molar-refractivity contribution in [3.05, 3.63) is 57.4 Å². The summed E-state index contributed by atoms with van der Waals surface area (Å²) in [4.78, 5) is 20.3. The molecule has 0 aliphatic carbocycles. The summed E-state index contributed by atoms with van der Waals surface area (Å²) in [5, 5.41) is 0.663. The van der Waals surface area contributed by atoms with Gasteiger partial charge in [0.1, 0.15) is 0 Å². The number of halogens is 1. The molecule has 2 aromatic rings. The number of hydrogen-bond donors (Lipinski definition) is 0. The van der Waals surface area contributed by atoms with Crippen LogP contribution in [-0.4, -0.2) is 49.4 Å². The molecule has 1 amide bonds. The summed E-state index contributed by atoms with van der Waals surface area (Å²) in [6.45, 7) is 5.20. The van der Waals surface area contributed by atoms with E-state index in [0.29, 0.717) is 34.7 Å². The molecule has 1 saturated heterocycles. The number of ether oxygens (including phenoxy) is 3. The first-order valence-electron chi connectivity index (χ1n) is 10.8. The van der Waals surface area contributed by atoms with E-state index in [9.17, 15) is 4.79 Å². The lowest BCUT2D eigenvalue weighted by atomic mass is 10.1. The molecule has 0 spiro atoms. The molecule has 0 bridgehead atoms. The Kier molecular flexibility index (Phi) is 9.41. The second kappa shape index (κ2) is 12.3. The minimum atomic E-state index is -0.0687. The molecule has 0 N–H and O–H groups in total. The van der Waals surface area contributed by atoms with Gasteiger partial charge in [0, 0.05) is 20.3 Å². The van der Waals surface area contributed by atoms with Crippen LogP contribution in [0.15, 0.2) is 56.8 Å². The van der Waals surface area contributed by atoms with Crippen LogP contribution in [0.4, 0.5) is 5.69 Å². The minimum absolute atomic E-state index is 0.0591. The third-order valence-corrected chi connectivity index (χ3v) is 6.64. The van der Waals surface area contributed by atoms with Gasteiger partial charge in [0.15, 0.2) is 16.7 Å². The van der Waals surface area contributed by atoms with Gasteiger partial charge >= 0.3 is 0 Å². The molecular formula is C25H29BrN2O4S. The zero-order valence-corrected chi connectivity index (χ0v) is 21.7. The van der Waals surface area contributed by atoms with Crippen molar-refractivity contribution in [1.29, 1.82) is 0 Å². The highest BCUT2D eigenvalue weighted by atomic mass is 79.9. The van der Waals surface area contributed by atoms with Gasteiger partial charge in [0.25, 0.3) is 5.91 Å². The van der Waals surface area contributed by atoms with Crippen molar-refractivity contribution in [3.63, 3.8) is 0 Å². The number of carbonyl (C=O) groups is 1. The first-order chi connectivity index (χ1) is 16.0. The molecule has 0 saturated carbocycles. The third kappa shape index (κ3) is 6.62. The number of carbonyl (C=O) groups excluding carboxylic acids is 1. The topological polar surface area (TPSA) is 60.4 Å². The van der Waals surface area contributed by atoms with E-state index in [1.165, 1.54) is 11.8 Å².